The number of anilines is 3. The fourth-order valence-corrected chi connectivity index (χ4v) is 11.4. The number of nitrogens with one attached hydrogen (secondary N) is 3. The first kappa shape index (κ1) is 42.7. The number of aromatic nitrogens is 2. The number of aromatic amines is 1. The molecule has 4 saturated heterocycles. The number of nitrogens with zero attached hydrogens (tertiary/aromatic N) is 6. The molecule has 5 aromatic rings. The number of piperazine rings is 1. The number of pyridine rings is 1. The highest BCUT2D eigenvalue weighted by atomic mass is 32.2. The van der Waals surface area contributed by atoms with E-state index in [0.717, 1.165) is 65.1 Å². The summed E-state index contributed by atoms with van der Waals surface area (Å²) >= 11 is 0. The molecular weight excluding hydrogens is 860 g/mol. The maximum absolute atomic E-state index is 15.8. The minimum absolute atomic E-state index is 0.00274. The zero-order valence-electron chi connectivity index (χ0n) is 35.9. The van der Waals surface area contributed by atoms with Crippen molar-refractivity contribution < 1.29 is 36.0 Å². The van der Waals surface area contributed by atoms with E-state index in [2.05, 4.69) is 68.6 Å². The number of allylic oxidation sites excluding steroid dienone is 1. The first-order chi connectivity index (χ1) is 31.1. The number of rotatable bonds is 10. The van der Waals surface area contributed by atoms with E-state index < -0.39 is 51.1 Å². The Kier molecular flexibility index (Phi) is 10.7. The summed E-state index contributed by atoms with van der Waals surface area (Å²) in [5.74, 6) is -3.83. The highest BCUT2D eigenvalue weighted by Crippen LogP contribution is 2.36. The molecule has 7 heterocycles. The lowest BCUT2D eigenvalue weighted by molar-refractivity contribution is -0.126. The van der Waals surface area contributed by atoms with Gasteiger partial charge in [-0.25, -0.2) is 18.2 Å². The Hall–Kier alpha value is -6.24. The monoisotopic (exact) mass is 907 g/mol. The van der Waals surface area contributed by atoms with Gasteiger partial charge in [0.25, 0.3) is 5.91 Å². The third kappa shape index (κ3) is 7.70. The molecule has 1 unspecified atom stereocenters. The van der Waals surface area contributed by atoms with Crippen LogP contribution in [0.2, 0.25) is 0 Å². The Labute approximate surface area is 374 Å². The molecule has 65 heavy (non-hydrogen) atoms. The number of fused-ring (bicyclic) bond motifs is 2. The van der Waals surface area contributed by atoms with Gasteiger partial charge in [0.05, 0.1) is 11.3 Å². The molecule has 3 aromatic carbocycles. The molecule has 0 bridgehead atoms. The fraction of sp³-hybridized carbons (Fsp3) is 0.362. The lowest BCUT2D eigenvalue weighted by Gasteiger charge is -2.53. The Morgan fingerprint density at radius 1 is 0.908 bits per heavy atom. The van der Waals surface area contributed by atoms with E-state index in [1.807, 2.05) is 29.0 Å². The Bertz CT molecular complexity index is 2880. The van der Waals surface area contributed by atoms with Gasteiger partial charge in [-0.15, -0.1) is 0 Å². The van der Waals surface area contributed by atoms with Gasteiger partial charge in [0.15, 0.2) is 5.82 Å². The van der Waals surface area contributed by atoms with Crippen molar-refractivity contribution in [1.82, 2.24) is 29.4 Å². The molecule has 3 N–H and O–H groups in total. The second-order valence-electron chi connectivity index (χ2n) is 17.9. The molecule has 5 aliphatic rings. The number of carbonyl (C=O) groups excluding carboxylic acids is 3. The minimum atomic E-state index is -4.36. The Morgan fingerprint density at radius 2 is 1.65 bits per heavy atom. The van der Waals surface area contributed by atoms with Crippen molar-refractivity contribution in [1.29, 1.82) is 0 Å². The van der Waals surface area contributed by atoms with Crippen molar-refractivity contribution in [3.8, 4) is 11.1 Å². The summed E-state index contributed by atoms with van der Waals surface area (Å²) in [5, 5.41) is 3.13. The van der Waals surface area contributed by atoms with E-state index in [1.54, 1.807) is 17.2 Å². The van der Waals surface area contributed by atoms with E-state index in [9.17, 15) is 27.2 Å². The Morgan fingerprint density at radius 3 is 2.35 bits per heavy atom. The van der Waals surface area contributed by atoms with E-state index >= 15 is 8.78 Å². The number of alkyl halides is 1. The predicted molar refractivity (Wildman–Crippen MR) is 241 cm³/mol. The molecular formula is C47H48F3N9O5S. The van der Waals surface area contributed by atoms with Crippen LogP contribution < -0.4 is 19.8 Å². The number of hydrogen-bond acceptors (Lipinski definition) is 9. The van der Waals surface area contributed by atoms with Gasteiger partial charge in [-0.3, -0.25) is 24.0 Å². The molecule has 14 nitrogen and oxygen atoms in total. The van der Waals surface area contributed by atoms with Crippen LogP contribution in [0.5, 0.6) is 0 Å². The normalized spacial score (nSPS) is 23.3. The van der Waals surface area contributed by atoms with Crippen LogP contribution in [0.15, 0.2) is 85.3 Å². The van der Waals surface area contributed by atoms with Crippen molar-refractivity contribution in [3.63, 3.8) is 0 Å². The second kappa shape index (κ2) is 16.3. The molecule has 10 rings (SSSR count). The number of benzene rings is 3. The van der Waals surface area contributed by atoms with E-state index in [4.69, 9.17) is 0 Å². The van der Waals surface area contributed by atoms with Crippen LogP contribution in [0, 0.1) is 11.6 Å². The van der Waals surface area contributed by atoms with Crippen LogP contribution >= 0.6 is 0 Å². The summed E-state index contributed by atoms with van der Waals surface area (Å²) in [6.07, 6.45) is 2.86. The van der Waals surface area contributed by atoms with Crippen molar-refractivity contribution in [3.05, 3.63) is 119 Å². The van der Waals surface area contributed by atoms with Gasteiger partial charge in [-0.1, -0.05) is 18.7 Å². The summed E-state index contributed by atoms with van der Waals surface area (Å²) in [5.41, 5.74) is 4.64. The summed E-state index contributed by atoms with van der Waals surface area (Å²) in [6.45, 7) is 11.8. The third-order valence-corrected chi connectivity index (χ3v) is 15.1. The number of hydrogen-bond donors (Lipinski definition) is 3. The quantitative estimate of drug-likeness (QED) is 0.144. The number of ketones is 1. The molecule has 0 spiro atoms. The van der Waals surface area contributed by atoms with Crippen LogP contribution in [-0.2, 0) is 21.5 Å². The molecule has 2 amide bonds. The SMILES string of the molecule is C=C1CCC(N2Cc3cc(N4CC(N5C[C@@H](C)N(c6ccc(-c7cnc8[nH]cc(C(=O)c9c(F)ccc(NS(=O)(=O)N%10CC[C@@H](F)C%10)c9F)c8c7)cc6)[C@@H](C)C5)C4)ccc3C2=O)C(=O)N1. The lowest BCUT2D eigenvalue weighted by Crippen LogP contribution is -2.66. The zero-order chi connectivity index (χ0) is 45.5. The van der Waals surface area contributed by atoms with Crippen molar-refractivity contribution in [2.75, 3.05) is 53.8 Å². The molecule has 18 heteroatoms. The maximum Gasteiger partial charge on any atom is 0.301 e. The van der Waals surface area contributed by atoms with Crippen LogP contribution in [-0.4, -0.2) is 120 Å². The van der Waals surface area contributed by atoms with Gasteiger partial charge < -0.3 is 25.0 Å². The van der Waals surface area contributed by atoms with Crippen molar-refractivity contribution >= 4 is 55.9 Å². The number of H-pyrrole nitrogens is 1. The summed E-state index contributed by atoms with van der Waals surface area (Å²) in [7, 11) is -4.36. The second-order valence-corrected chi connectivity index (χ2v) is 19.5. The number of piperidine rings is 1. The molecule has 0 aliphatic carbocycles. The smallest absolute Gasteiger partial charge is 0.301 e. The molecule has 0 saturated carbocycles. The van der Waals surface area contributed by atoms with Gasteiger partial charge in [0, 0.05) is 115 Å². The first-order valence-electron chi connectivity index (χ1n) is 21.9. The van der Waals surface area contributed by atoms with Crippen LogP contribution in [0.4, 0.5) is 30.2 Å². The van der Waals surface area contributed by atoms with Gasteiger partial charge in [0.1, 0.15) is 23.7 Å². The van der Waals surface area contributed by atoms with Crippen LogP contribution in [0.1, 0.15) is 65.0 Å². The van der Waals surface area contributed by atoms with E-state index in [-0.39, 0.29) is 49.0 Å². The Balaban J connectivity index is 0.785. The number of carbonyl (C=O) groups is 3. The molecule has 5 aliphatic heterocycles. The largest absolute Gasteiger partial charge is 0.368 e. The lowest BCUT2D eigenvalue weighted by atomic mass is 9.98. The highest BCUT2D eigenvalue weighted by molar-refractivity contribution is 7.90. The molecule has 2 aromatic heterocycles. The van der Waals surface area contributed by atoms with Crippen LogP contribution in [0.25, 0.3) is 22.2 Å². The van der Waals surface area contributed by atoms with E-state index in [1.165, 1.54) is 6.20 Å². The summed E-state index contributed by atoms with van der Waals surface area (Å²) in [4.78, 5) is 56.1. The highest BCUT2D eigenvalue weighted by Gasteiger charge is 2.41. The average Bonchev–Trinajstić information content (AvgIpc) is 3.98. The van der Waals surface area contributed by atoms with Gasteiger partial charge in [-0.05, 0) is 92.8 Å². The summed E-state index contributed by atoms with van der Waals surface area (Å²) in [6, 6.07) is 17.8. The van der Waals surface area contributed by atoms with Gasteiger partial charge >= 0.3 is 10.2 Å². The maximum atomic E-state index is 15.8. The molecule has 4 fully saturated rings. The first-order valence-corrected chi connectivity index (χ1v) is 23.3. The molecule has 4 atom stereocenters. The third-order valence-electron chi connectivity index (χ3n) is 13.6. The molecule has 338 valence electrons. The van der Waals surface area contributed by atoms with Gasteiger partial charge in [-0.2, -0.15) is 12.7 Å². The van der Waals surface area contributed by atoms with Crippen molar-refractivity contribution in [2.24, 2.45) is 0 Å². The predicted octanol–water partition coefficient (Wildman–Crippen LogP) is 5.98. The zero-order valence-corrected chi connectivity index (χ0v) is 36.7. The molecule has 0 radical (unpaired) electrons. The average molecular weight is 908 g/mol. The fourth-order valence-electron chi connectivity index (χ4n) is 10.2. The van der Waals surface area contributed by atoms with Crippen molar-refractivity contribution in [2.45, 2.75) is 70.0 Å². The number of amides is 2. The summed E-state index contributed by atoms with van der Waals surface area (Å²) < 4.78 is 73.3. The van der Waals surface area contributed by atoms with Crippen LogP contribution in [0.3, 0.4) is 0 Å². The van der Waals surface area contributed by atoms with E-state index in [0.29, 0.717) is 53.3 Å². The standard InChI is InChI=1S/C47H48F3N9O5S/c1-26-4-13-41(46(61)53-26)58-22-31-16-34(9-10-36(31)47(58)62)56-24-35(25-56)55-20-27(2)59(28(3)21-55)33-7-5-29(6-8-33)30-17-37-38(19-52-45(37)51-18-30)44(60)42-39(49)11-12-40(43(42)50)54-65(63,64)57-15-14-32(48)23-57/h5-12,16-19,27-28,32,35,41,54H,1,4,13-15,20-25H2,2-3H3,(H,51,52)(H,53,61)/t27-,28+,32-,41?/m1/s1. The van der Waals surface area contributed by atoms with Gasteiger partial charge in [0.2, 0.25) is 11.7 Å². The number of halogens is 3. The topological polar surface area (TPSA) is 154 Å². The minimum Gasteiger partial charge on any atom is -0.368 e.